The van der Waals surface area contributed by atoms with Gasteiger partial charge in [-0.15, -0.1) is 0 Å². The quantitative estimate of drug-likeness (QED) is 0.341. The van der Waals surface area contributed by atoms with Crippen molar-refractivity contribution in [3.63, 3.8) is 0 Å². The standard InChI is InChI=1S/C20H30O6S/c1-15-5-7-18(8-6-15)27(22,23)25-12-9-16-13-17(16)14-24-11-10-19(21)26-20(2,3)4/h5-8,16-17H,9-14H2,1-4H3/t16-,17-/m0/s1. The van der Waals surface area contributed by atoms with Gasteiger partial charge in [-0.1, -0.05) is 17.7 Å². The summed E-state index contributed by atoms with van der Waals surface area (Å²) in [6.07, 6.45) is 1.93. The fourth-order valence-electron chi connectivity index (χ4n) is 2.73. The summed E-state index contributed by atoms with van der Waals surface area (Å²) in [4.78, 5) is 11.8. The van der Waals surface area contributed by atoms with E-state index in [4.69, 9.17) is 13.7 Å². The van der Waals surface area contributed by atoms with Gasteiger partial charge in [0.15, 0.2) is 0 Å². The number of carbonyl (C=O) groups is 1. The molecule has 7 heteroatoms. The number of esters is 1. The van der Waals surface area contributed by atoms with Gasteiger partial charge in [-0.2, -0.15) is 8.42 Å². The number of ether oxygens (including phenoxy) is 2. The van der Waals surface area contributed by atoms with E-state index in [1.165, 1.54) is 0 Å². The lowest BCUT2D eigenvalue weighted by Gasteiger charge is -2.19. The minimum Gasteiger partial charge on any atom is -0.460 e. The first-order valence-electron chi connectivity index (χ1n) is 9.32. The van der Waals surface area contributed by atoms with Crippen LogP contribution < -0.4 is 0 Å². The summed E-state index contributed by atoms with van der Waals surface area (Å²) in [6, 6.07) is 6.62. The van der Waals surface area contributed by atoms with Crippen LogP contribution in [-0.2, 0) is 28.6 Å². The molecular weight excluding hydrogens is 368 g/mol. The van der Waals surface area contributed by atoms with E-state index in [2.05, 4.69) is 0 Å². The molecule has 1 saturated carbocycles. The summed E-state index contributed by atoms with van der Waals surface area (Å²) in [6.45, 7) is 8.51. The molecule has 2 atom stereocenters. The Kier molecular flexibility index (Phi) is 7.42. The van der Waals surface area contributed by atoms with Crippen LogP contribution in [-0.4, -0.2) is 39.8 Å². The first kappa shape index (κ1) is 21.9. The fourth-order valence-corrected chi connectivity index (χ4v) is 3.65. The molecule has 6 nitrogen and oxygen atoms in total. The van der Waals surface area contributed by atoms with E-state index in [1.54, 1.807) is 24.3 Å². The van der Waals surface area contributed by atoms with Crippen LogP contribution in [0.5, 0.6) is 0 Å². The van der Waals surface area contributed by atoms with E-state index in [0.29, 0.717) is 31.5 Å². The van der Waals surface area contributed by atoms with Crippen molar-refractivity contribution in [3.05, 3.63) is 29.8 Å². The molecule has 0 unspecified atom stereocenters. The monoisotopic (exact) mass is 398 g/mol. The molecule has 0 aliphatic heterocycles. The minimum atomic E-state index is -3.69. The van der Waals surface area contributed by atoms with E-state index >= 15 is 0 Å². The SMILES string of the molecule is Cc1ccc(S(=O)(=O)OCC[C@H]2C[C@H]2COCCC(=O)OC(C)(C)C)cc1. The Labute approximate surface area is 162 Å². The van der Waals surface area contributed by atoms with Gasteiger partial charge in [-0.3, -0.25) is 8.98 Å². The Morgan fingerprint density at radius 1 is 1.11 bits per heavy atom. The van der Waals surface area contributed by atoms with Crippen molar-refractivity contribution < 1.29 is 26.9 Å². The van der Waals surface area contributed by atoms with Crippen LogP contribution in [0.1, 0.15) is 45.6 Å². The largest absolute Gasteiger partial charge is 0.460 e. The third kappa shape index (κ3) is 7.99. The predicted octanol–water partition coefficient (Wildman–Crippen LogP) is 3.47. The van der Waals surface area contributed by atoms with Gasteiger partial charge in [-0.05, 0) is 64.5 Å². The minimum absolute atomic E-state index is 0.176. The second kappa shape index (κ2) is 9.17. The highest BCUT2D eigenvalue weighted by Crippen LogP contribution is 2.41. The molecule has 1 fully saturated rings. The summed E-state index contributed by atoms with van der Waals surface area (Å²) < 4.78 is 40.1. The highest BCUT2D eigenvalue weighted by atomic mass is 32.2. The number of hydrogen-bond acceptors (Lipinski definition) is 6. The van der Waals surface area contributed by atoms with Crippen LogP contribution >= 0.6 is 0 Å². The maximum Gasteiger partial charge on any atom is 0.308 e. The summed E-state index contributed by atoms with van der Waals surface area (Å²) >= 11 is 0. The van der Waals surface area contributed by atoms with Crippen molar-refractivity contribution in [1.82, 2.24) is 0 Å². The molecule has 152 valence electrons. The predicted molar refractivity (Wildman–Crippen MR) is 102 cm³/mol. The molecule has 0 radical (unpaired) electrons. The molecule has 1 aromatic carbocycles. The Morgan fingerprint density at radius 3 is 2.41 bits per heavy atom. The average molecular weight is 399 g/mol. The normalized spacial score (nSPS) is 19.7. The van der Waals surface area contributed by atoms with Crippen LogP contribution in [0.4, 0.5) is 0 Å². The van der Waals surface area contributed by atoms with Crippen molar-refractivity contribution in [2.45, 2.75) is 57.5 Å². The molecule has 0 spiro atoms. The number of rotatable bonds is 10. The van der Waals surface area contributed by atoms with Crippen molar-refractivity contribution in [1.29, 1.82) is 0 Å². The lowest BCUT2D eigenvalue weighted by molar-refractivity contribution is -0.156. The molecular formula is C20H30O6S. The Hall–Kier alpha value is -1.44. The van der Waals surface area contributed by atoms with Gasteiger partial charge in [0.2, 0.25) is 0 Å². The number of benzene rings is 1. The molecule has 1 aliphatic carbocycles. The zero-order valence-electron chi connectivity index (χ0n) is 16.6. The van der Waals surface area contributed by atoms with Crippen LogP contribution in [0, 0.1) is 18.8 Å². The zero-order valence-corrected chi connectivity index (χ0v) is 17.4. The number of aryl methyl sites for hydroxylation is 1. The second-order valence-electron chi connectivity index (χ2n) is 8.05. The third-order valence-electron chi connectivity index (χ3n) is 4.31. The summed E-state index contributed by atoms with van der Waals surface area (Å²) in [7, 11) is -3.69. The van der Waals surface area contributed by atoms with Crippen LogP contribution in [0.2, 0.25) is 0 Å². The first-order chi connectivity index (χ1) is 12.6. The summed E-state index contributed by atoms with van der Waals surface area (Å²) in [5.74, 6) is 0.568. The molecule has 1 aliphatic rings. The van der Waals surface area contributed by atoms with Crippen molar-refractivity contribution in [2.75, 3.05) is 19.8 Å². The lowest BCUT2D eigenvalue weighted by atomic mass is 10.2. The van der Waals surface area contributed by atoms with Gasteiger partial charge in [0.05, 0.1) is 24.5 Å². The lowest BCUT2D eigenvalue weighted by Crippen LogP contribution is -2.24. The molecule has 0 N–H and O–H groups in total. The number of hydrogen-bond donors (Lipinski definition) is 0. The number of carbonyl (C=O) groups excluding carboxylic acids is 1. The molecule has 27 heavy (non-hydrogen) atoms. The highest BCUT2D eigenvalue weighted by Gasteiger charge is 2.37. The third-order valence-corrected chi connectivity index (χ3v) is 5.63. The maximum absolute atomic E-state index is 12.1. The average Bonchev–Trinajstić information content (AvgIpc) is 3.28. The van der Waals surface area contributed by atoms with Crippen LogP contribution in [0.3, 0.4) is 0 Å². The van der Waals surface area contributed by atoms with Gasteiger partial charge in [0.25, 0.3) is 10.1 Å². The molecule has 2 rings (SSSR count). The maximum atomic E-state index is 12.1. The van der Waals surface area contributed by atoms with Crippen molar-refractivity contribution in [3.8, 4) is 0 Å². The second-order valence-corrected chi connectivity index (χ2v) is 9.66. The van der Waals surface area contributed by atoms with Gasteiger partial charge >= 0.3 is 5.97 Å². The van der Waals surface area contributed by atoms with E-state index in [9.17, 15) is 13.2 Å². The van der Waals surface area contributed by atoms with E-state index in [1.807, 2.05) is 27.7 Å². The van der Waals surface area contributed by atoms with E-state index < -0.39 is 15.7 Å². The smallest absolute Gasteiger partial charge is 0.308 e. The molecule has 0 amide bonds. The Balaban J connectivity index is 1.58. The Bertz CT molecular complexity index is 718. The van der Waals surface area contributed by atoms with Gasteiger partial charge in [0.1, 0.15) is 5.60 Å². The van der Waals surface area contributed by atoms with Gasteiger partial charge in [-0.25, -0.2) is 0 Å². The van der Waals surface area contributed by atoms with E-state index in [0.717, 1.165) is 12.0 Å². The molecule has 0 bridgehead atoms. The Morgan fingerprint density at radius 2 is 1.78 bits per heavy atom. The van der Waals surface area contributed by atoms with Crippen molar-refractivity contribution >= 4 is 16.1 Å². The van der Waals surface area contributed by atoms with Crippen molar-refractivity contribution in [2.24, 2.45) is 11.8 Å². The topological polar surface area (TPSA) is 78.9 Å². The van der Waals surface area contributed by atoms with Crippen LogP contribution in [0.15, 0.2) is 29.2 Å². The molecule has 0 heterocycles. The molecule has 0 aromatic heterocycles. The molecule has 0 saturated heterocycles. The fraction of sp³-hybridized carbons (Fsp3) is 0.650. The zero-order chi connectivity index (χ0) is 20.1. The van der Waals surface area contributed by atoms with Gasteiger partial charge < -0.3 is 9.47 Å². The highest BCUT2D eigenvalue weighted by molar-refractivity contribution is 7.86. The van der Waals surface area contributed by atoms with Crippen LogP contribution in [0.25, 0.3) is 0 Å². The van der Waals surface area contributed by atoms with E-state index in [-0.39, 0.29) is 23.9 Å². The summed E-state index contributed by atoms with van der Waals surface area (Å²) in [5.41, 5.74) is 0.527. The summed E-state index contributed by atoms with van der Waals surface area (Å²) in [5, 5.41) is 0. The van der Waals surface area contributed by atoms with Gasteiger partial charge in [0, 0.05) is 6.61 Å². The molecule has 1 aromatic rings. The first-order valence-corrected chi connectivity index (χ1v) is 10.7.